The Kier molecular flexibility index (Phi) is 7.19. The summed E-state index contributed by atoms with van der Waals surface area (Å²) in [6, 6.07) is 7.32. The van der Waals surface area contributed by atoms with Crippen LogP contribution in [0.1, 0.15) is 31.7 Å². The van der Waals surface area contributed by atoms with Crippen molar-refractivity contribution in [1.82, 2.24) is 5.32 Å². The molecule has 1 aliphatic heterocycles. The van der Waals surface area contributed by atoms with Crippen LogP contribution in [0.3, 0.4) is 0 Å². The standard InChI is InChI=1S/C16H21N3O3.ClH/c1-10(17)2-7-14(20)18-13-5-3-11(4-6-13)8-12-9-15(21)19-16(12)22;/h3-6,10,12H,2,7-9,17H2,1H3,(H,18,20)(H,19,21,22);1H. The predicted octanol–water partition coefficient (Wildman–Crippen LogP) is 1.38. The van der Waals surface area contributed by atoms with E-state index >= 15 is 0 Å². The molecule has 0 bridgehead atoms. The summed E-state index contributed by atoms with van der Waals surface area (Å²) >= 11 is 0. The molecule has 2 unspecified atom stereocenters. The van der Waals surface area contributed by atoms with Gasteiger partial charge in [-0.3, -0.25) is 19.7 Å². The number of rotatable bonds is 6. The minimum Gasteiger partial charge on any atom is -0.328 e. The van der Waals surface area contributed by atoms with Crippen LogP contribution in [0.25, 0.3) is 0 Å². The van der Waals surface area contributed by atoms with Crippen LogP contribution in [0.5, 0.6) is 0 Å². The van der Waals surface area contributed by atoms with Crippen molar-refractivity contribution in [2.45, 2.75) is 38.6 Å². The van der Waals surface area contributed by atoms with E-state index in [1.54, 1.807) is 12.1 Å². The van der Waals surface area contributed by atoms with Gasteiger partial charge in [0, 0.05) is 24.6 Å². The fourth-order valence-corrected chi connectivity index (χ4v) is 2.36. The third-order valence-electron chi connectivity index (χ3n) is 3.61. The van der Waals surface area contributed by atoms with Gasteiger partial charge in [0.15, 0.2) is 0 Å². The van der Waals surface area contributed by atoms with Gasteiger partial charge in [-0.1, -0.05) is 12.1 Å². The molecule has 1 aromatic rings. The number of nitrogens with one attached hydrogen (secondary N) is 2. The first-order valence-electron chi connectivity index (χ1n) is 7.42. The summed E-state index contributed by atoms with van der Waals surface area (Å²) in [5.74, 6) is -0.781. The van der Waals surface area contributed by atoms with E-state index in [0.717, 1.165) is 5.56 Å². The van der Waals surface area contributed by atoms with Crippen LogP contribution in [0.15, 0.2) is 24.3 Å². The van der Waals surface area contributed by atoms with E-state index in [4.69, 9.17) is 5.73 Å². The summed E-state index contributed by atoms with van der Waals surface area (Å²) in [4.78, 5) is 34.4. The number of anilines is 1. The number of carbonyl (C=O) groups excluding carboxylic acids is 3. The molecule has 0 aromatic heterocycles. The molecule has 3 amide bonds. The molecule has 4 N–H and O–H groups in total. The lowest BCUT2D eigenvalue weighted by molar-refractivity contribution is -0.125. The quantitative estimate of drug-likeness (QED) is 0.681. The van der Waals surface area contributed by atoms with Gasteiger partial charge in [-0.15, -0.1) is 12.4 Å². The Morgan fingerprint density at radius 3 is 2.52 bits per heavy atom. The molecule has 0 radical (unpaired) electrons. The number of carbonyl (C=O) groups is 3. The molecule has 23 heavy (non-hydrogen) atoms. The highest BCUT2D eigenvalue weighted by molar-refractivity contribution is 6.03. The van der Waals surface area contributed by atoms with Gasteiger partial charge in [-0.05, 0) is 37.5 Å². The number of imide groups is 1. The van der Waals surface area contributed by atoms with Crippen molar-refractivity contribution in [3.05, 3.63) is 29.8 Å². The average Bonchev–Trinajstić information content (AvgIpc) is 2.77. The zero-order chi connectivity index (χ0) is 16.1. The van der Waals surface area contributed by atoms with Crippen molar-refractivity contribution in [3.8, 4) is 0 Å². The second-order valence-corrected chi connectivity index (χ2v) is 5.78. The molecule has 2 atom stereocenters. The lowest BCUT2D eigenvalue weighted by Crippen LogP contribution is -2.22. The minimum absolute atomic E-state index is 0. The Labute approximate surface area is 141 Å². The number of hydrogen-bond acceptors (Lipinski definition) is 4. The second kappa shape index (κ2) is 8.64. The van der Waals surface area contributed by atoms with Crippen molar-refractivity contribution in [3.63, 3.8) is 0 Å². The van der Waals surface area contributed by atoms with Gasteiger partial charge in [-0.25, -0.2) is 0 Å². The van der Waals surface area contributed by atoms with Crippen LogP contribution >= 0.6 is 12.4 Å². The molecular formula is C16H22ClN3O3. The molecule has 7 heteroatoms. The molecule has 2 rings (SSSR count). The molecule has 1 saturated heterocycles. The Morgan fingerprint density at radius 1 is 1.35 bits per heavy atom. The van der Waals surface area contributed by atoms with Crippen LogP contribution in [-0.4, -0.2) is 23.8 Å². The zero-order valence-electron chi connectivity index (χ0n) is 13.0. The van der Waals surface area contributed by atoms with Gasteiger partial charge >= 0.3 is 0 Å². The largest absolute Gasteiger partial charge is 0.328 e. The van der Waals surface area contributed by atoms with Gasteiger partial charge in [0.1, 0.15) is 0 Å². The first-order chi connectivity index (χ1) is 10.4. The van der Waals surface area contributed by atoms with Gasteiger partial charge < -0.3 is 11.1 Å². The van der Waals surface area contributed by atoms with E-state index in [1.807, 2.05) is 19.1 Å². The number of amides is 3. The van der Waals surface area contributed by atoms with Crippen molar-refractivity contribution in [1.29, 1.82) is 0 Å². The first kappa shape index (κ1) is 19.1. The Morgan fingerprint density at radius 2 is 2.00 bits per heavy atom. The highest BCUT2D eigenvalue weighted by Crippen LogP contribution is 2.19. The summed E-state index contributed by atoms with van der Waals surface area (Å²) in [6.07, 6.45) is 1.81. The lowest BCUT2D eigenvalue weighted by Gasteiger charge is -2.09. The average molecular weight is 340 g/mol. The maximum atomic E-state index is 11.7. The Balaban J connectivity index is 0.00000264. The Hall–Kier alpha value is -1.92. The molecule has 6 nitrogen and oxygen atoms in total. The summed E-state index contributed by atoms with van der Waals surface area (Å²) in [5.41, 5.74) is 7.29. The van der Waals surface area contributed by atoms with Gasteiger partial charge in [0.2, 0.25) is 17.7 Å². The van der Waals surface area contributed by atoms with Crippen LogP contribution in [0.2, 0.25) is 0 Å². The van der Waals surface area contributed by atoms with Crippen LogP contribution in [-0.2, 0) is 20.8 Å². The monoisotopic (exact) mass is 339 g/mol. The minimum atomic E-state index is -0.293. The molecule has 126 valence electrons. The molecule has 0 aliphatic carbocycles. The molecule has 0 spiro atoms. The molecule has 1 fully saturated rings. The number of benzene rings is 1. The third kappa shape index (κ3) is 6.00. The summed E-state index contributed by atoms with van der Waals surface area (Å²) in [5, 5.41) is 5.11. The zero-order valence-corrected chi connectivity index (χ0v) is 13.8. The van der Waals surface area contributed by atoms with E-state index in [1.165, 1.54) is 0 Å². The van der Waals surface area contributed by atoms with E-state index in [9.17, 15) is 14.4 Å². The van der Waals surface area contributed by atoms with Crippen molar-refractivity contribution < 1.29 is 14.4 Å². The fraction of sp³-hybridized carbons (Fsp3) is 0.438. The smallest absolute Gasteiger partial charge is 0.230 e. The van der Waals surface area contributed by atoms with Crippen LogP contribution < -0.4 is 16.4 Å². The maximum absolute atomic E-state index is 11.7. The van der Waals surface area contributed by atoms with Crippen molar-refractivity contribution in [2.24, 2.45) is 11.7 Å². The highest BCUT2D eigenvalue weighted by atomic mass is 35.5. The third-order valence-corrected chi connectivity index (χ3v) is 3.61. The molecule has 1 aliphatic rings. The normalized spacial score (nSPS) is 18.1. The van der Waals surface area contributed by atoms with Crippen LogP contribution in [0.4, 0.5) is 5.69 Å². The molecule has 0 saturated carbocycles. The lowest BCUT2D eigenvalue weighted by atomic mass is 9.98. The molecule has 1 aromatic carbocycles. The fourth-order valence-electron chi connectivity index (χ4n) is 2.36. The number of hydrogen-bond donors (Lipinski definition) is 3. The topological polar surface area (TPSA) is 101 Å². The van der Waals surface area contributed by atoms with Crippen LogP contribution in [0, 0.1) is 5.92 Å². The Bertz CT molecular complexity index is 572. The first-order valence-corrected chi connectivity index (χ1v) is 7.42. The second-order valence-electron chi connectivity index (χ2n) is 5.78. The van der Waals surface area contributed by atoms with Gasteiger partial charge in [0.05, 0.1) is 5.92 Å². The van der Waals surface area contributed by atoms with Crippen molar-refractivity contribution in [2.75, 3.05) is 5.32 Å². The SMILES string of the molecule is CC(N)CCC(=O)Nc1ccc(CC2CC(=O)NC2=O)cc1.Cl. The molecular weight excluding hydrogens is 318 g/mol. The summed E-state index contributed by atoms with van der Waals surface area (Å²) < 4.78 is 0. The predicted molar refractivity (Wildman–Crippen MR) is 90.2 cm³/mol. The van der Waals surface area contributed by atoms with E-state index < -0.39 is 0 Å². The summed E-state index contributed by atoms with van der Waals surface area (Å²) in [6.45, 7) is 1.87. The van der Waals surface area contributed by atoms with Crippen molar-refractivity contribution >= 4 is 35.8 Å². The number of halogens is 1. The van der Waals surface area contributed by atoms with E-state index in [-0.39, 0.29) is 48.5 Å². The van der Waals surface area contributed by atoms with Gasteiger partial charge in [-0.2, -0.15) is 0 Å². The number of nitrogens with two attached hydrogens (primary N) is 1. The molecule has 1 heterocycles. The highest BCUT2D eigenvalue weighted by Gasteiger charge is 2.30. The van der Waals surface area contributed by atoms with E-state index in [0.29, 0.717) is 24.9 Å². The summed E-state index contributed by atoms with van der Waals surface area (Å²) in [7, 11) is 0. The maximum Gasteiger partial charge on any atom is 0.230 e. The van der Waals surface area contributed by atoms with Gasteiger partial charge in [0.25, 0.3) is 0 Å². The van der Waals surface area contributed by atoms with E-state index in [2.05, 4.69) is 10.6 Å².